The van der Waals surface area contributed by atoms with E-state index >= 15 is 0 Å². The molecule has 1 aromatic heterocycles. The third kappa shape index (κ3) is 2.65. The van der Waals surface area contributed by atoms with E-state index in [1.165, 1.54) is 12.1 Å². The van der Waals surface area contributed by atoms with Crippen molar-refractivity contribution in [3.8, 4) is 0 Å². The van der Waals surface area contributed by atoms with Crippen LogP contribution in [0.15, 0.2) is 52.4 Å². The van der Waals surface area contributed by atoms with Crippen LogP contribution in [-0.2, 0) is 0 Å². The van der Waals surface area contributed by atoms with Gasteiger partial charge in [0.25, 0.3) is 0 Å². The van der Waals surface area contributed by atoms with Crippen LogP contribution in [0.3, 0.4) is 0 Å². The zero-order valence-corrected chi connectivity index (χ0v) is 15.4. The van der Waals surface area contributed by atoms with Crippen LogP contribution >= 0.6 is 11.6 Å². The maximum Gasteiger partial charge on any atom is 0.160 e. The zero-order chi connectivity index (χ0) is 18.3. The lowest BCUT2D eigenvalue weighted by molar-refractivity contribution is 0.610. The lowest BCUT2D eigenvalue weighted by atomic mass is 10.0. The van der Waals surface area contributed by atoms with Crippen molar-refractivity contribution in [1.82, 2.24) is 14.8 Å². The van der Waals surface area contributed by atoms with Gasteiger partial charge >= 0.3 is 0 Å². The minimum Gasteiger partial charge on any atom is -0.314 e. The summed E-state index contributed by atoms with van der Waals surface area (Å²) in [5.74, 6) is 1.31. The Bertz CT molecular complexity index is 926. The summed E-state index contributed by atoms with van der Waals surface area (Å²) in [4.78, 5) is 6.84. The van der Waals surface area contributed by atoms with Gasteiger partial charge in [0, 0.05) is 5.69 Å². The van der Waals surface area contributed by atoms with Crippen LogP contribution < -0.4 is 4.90 Å². The SMILES string of the molecule is CCC1=C(Cl)N=C2C(=CC1)n1cnnc1C(CC)N2c1ccc(F)cc1. The van der Waals surface area contributed by atoms with Crippen LogP contribution in [-0.4, -0.2) is 20.6 Å². The van der Waals surface area contributed by atoms with Gasteiger partial charge in [-0.2, -0.15) is 0 Å². The molecule has 1 atom stereocenters. The van der Waals surface area contributed by atoms with E-state index in [1.54, 1.807) is 18.5 Å². The predicted octanol–water partition coefficient (Wildman–Crippen LogP) is 4.89. The number of nitrogens with zero attached hydrogens (tertiary/aromatic N) is 5. The summed E-state index contributed by atoms with van der Waals surface area (Å²) in [6.45, 7) is 4.16. The molecule has 0 bridgehead atoms. The number of halogens is 2. The molecule has 3 heterocycles. The Morgan fingerprint density at radius 1 is 1.23 bits per heavy atom. The van der Waals surface area contributed by atoms with Gasteiger partial charge in [0.1, 0.15) is 17.3 Å². The molecule has 4 rings (SSSR count). The molecule has 0 saturated carbocycles. The fourth-order valence-electron chi connectivity index (χ4n) is 3.49. The van der Waals surface area contributed by atoms with E-state index in [1.807, 2.05) is 4.57 Å². The number of anilines is 1. The average molecular weight is 372 g/mol. The molecule has 7 heteroatoms. The number of amidine groups is 1. The van der Waals surface area contributed by atoms with Crippen LogP contribution in [0.25, 0.3) is 5.70 Å². The van der Waals surface area contributed by atoms with E-state index in [-0.39, 0.29) is 11.9 Å². The van der Waals surface area contributed by atoms with E-state index in [0.29, 0.717) is 5.16 Å². The topological polar surface area (TPSA) is 46.3 Å². The van der Waals surface area contributed by atoms with Crippen molar-refractivity contribution >= 4 is 28.8 Å². The van der Waals surface area contributed by atoms with Gasteiger partial charge < -0.3 is 4.90 Å². The molecule has 134 valence electrons. The van der Waals surface area contributed by atoms with E-state index in [0.717, 1.165) is 47.9 Å². The van der Waals surface area contributed by atoms with Crippen molar-refractivity contribution in [2.45, 2.75) is 39.2 Å². The summed E-state index contributed by atoms with van der Waals surface area (Å²) >= 11 is 6.51. The van der Waals surface area contributed by atoms with E-state index in [2.05, 4.69) is 35.0 Å². The molecule has 0 aliphatic carbocycles. The highest BCUT2D eigenvalue weighted by Gasteiger charge is 2.37. The lowest BCUT2D eigenvalue weighted by Gasteiger charge is -2.38. The molecule has 2 aliphatic rings. The van der Waals surface area contributed by atoms with E-state index in [4.69, 9.17) is 16.6 Å². The highest BCUT2D eigenvalue weighted by Crippen LogP contribution is 2.39. The molecule has 0 amide bonds. The Morgan fingerprint density at radius 2 is 2.00 bits per heavy atom. The Kier molecular flexibility index (Phi) is 4.36. The molecule has 26 heavy (non-hydrogen) atoms. The van der Waals surface area contributed by atoms with Crippen molar-refractivity contribution in [1.29, 1.82) is 0 Å². The Hall–Kier alpha value is -2.47. The summed E-state index contributed by atoms with van der Waals surface area (Å²) in [6.07, 6.45) is 6.18. The summed E-state index contributed by atoms with van der Waals surface area (Å²) < 4.78 is 15.4. The van der Waals surface area contributed by atoms with E-state index in [9.17, 15) is 4.39 Å². The van der Waals surface area contributed by atoms with Gasteiger partial charge in [-0.05, 0) is 49.1 Å². The second kappa shape index (κ2) is 6.68. The Morgan fingerprint density at radius 3 is 2.69 bits per heavy atom. The molecular weight excluding hydrogens is 353 g/mol. The highest BCUT2D eigenvalue weighted by atomic mass is 35.5. The number of allylic oxidation sites excluding steroid dienone is 2. The third-order valence-electron chi connectivity index (χ3n) is 4.86. The van der Waals surface area contributed by atoms with Crippen molar-refractivity contribution in [3.63, 3.8) is 0 Å². The molecule has 5 nitrogen and oxygen atoms in total. The molecule has 0 radical (unpaired) electrons. The maximum atomic E-state index is 13.5. The van der Waals surface area contributed by atoms with Crippen LogP contribution in [0, 0.1) is 5.82 Å². The summed E-state index contributed by atoms with van der Waals surface area (Å²) in [7, 11) is 0. The molecule has 1 unspecified atom stereocenters. The Balaban J connectivity index is 1.95. The van der Waals surface area contributed by atoms with Gasteiger partial charge in [-0.3, -0.25) is 4.57 Å². The number of hydrogen-bond donors (Lipinski definition) is 0. The van der Waals surface area contributed by atoms with E-state index < -0.39 is 0 Å². The number of fused-ring (bicyclic) bond motifs is 3. The monoisotopic (exact) mass is 371 g/mol. The molecule has 0 N–H and O–H groups in total. The molecule has 1 aromatic carbocycles. The van der Waals surface area contributed by atoms with Gasteiger partial charge in [-0.1, -0.05) is 31.5 Å². The Labute approximate surface area is 156 Å². The average Bonchev–Trinajstić information content (AvgIpc) is 3.06. The van der Waals surface area contributed by atoms with Gasteiger partial charge in [-0.25, -0.2) is 9.38 Å². The van der Waals surface area contributed by atoms with Gasteiger partial charge in [0.15, 0.2) is 11.7 Å². The predicted molar refractivity (Wildman–Crippen MR) is 101 cm³/mol. The molecule has 2 aliphatic heterocycles. The lowest BCUT2D eigenvalue weighted by Crippen LogP contribution is -2.42. The first kappa shape index (κ1) is 17.0. The number of rotatable bonds is 3. The van der Waals surface area contributed by atoms with Crippen LogP contribution in [0.4, 0.5) is 10.1 Å². The third-order valence-corrected chi connectivity index (χ3v) is 5.21. The normalized spacial score (nSPS) is 19.5. The van der Waals surface area contributed by atoms with Crippen molar-refractivity contribution < 1.29 is 4.39 Å². The molecule has 0 spiro atoms. The highest BCUT2D eigenvalue weighted by molar-refractivity contribution is 6.34. The maximum absolute atomic E-state index is 13.5. The fraction of sp³-hybridized carbons (Fsp3) is 0.316. The number of aliphatic imine (C=N–C) groups is 1. The van der Waals surface area contributed by atoms with Gasteiger partial charge in [0.2, 0.25) is 0 Å². The second-order valence-electron chi connectivity index (χ2n) is 6.31. The van der Waals surface area contributed by atoms with Crippen LogP contribution in [0.5, 0.6) is 0 Å². The largest absolute Gasteiger partial charge is 0.314 e. The van der Waals surface area contributed by atoms with Gasteiger partial charge in [-0.15, -0.1) is 10.2 Å². The quantitative estimate of drug-likeness (QED) is 0.721. The summed E-state index contributed by atoms with van der Waals surface area (Å²) in [5, 5.41) is 8.97. The minimum atomic E-state index is -0.272. The van der Waals surface area contributed by atoms with Crippen molar-refractivity contribution in [2.24, 2.45) is 4.99 Å². The number of aromatic nitrogens is 3. The number of benzene rings is 1. The second-order valence-corrected chi connectivity index (χ2v) is 6.66. The summed E-state index contributed by atoms with van der Waals surface area (Å²) in [6, 6.07) is 6.36. The molecule has 2 aromatic rings. The first-order valence-corrected chi connectivity index (χ1v) is 9.13. The van der Waals surface area contributed by atoms with Crippen LogP contribution in [0.2, 0.25) is 0 Å². The fourth-order valence-corrected chi connectivity index (χ4v) is 3.78. The van der Waals surface area contributed by atoms with Crippen LogP contribution in [0.1, 0.15) is 45.0 Å². The van der Waals surface area contributed by atoms with Crippen molar-refractivity contribution in [2.75, 3.05) is 4.90 Å². The first-order chi connectivity index (χ1) is 12.6. The van der Waals surface area contributed by atoms with Crippen molar-refractivity contribution in [3.05, 3.63) is 59.0 Å². The van der Waals surface area contributed by atoms with Gasteiger partial charge in [0.05, 0.1) is 11.7 Å². The minimum absolute atomic E-state index is 0.0634. The zero-order valence-electron chi connectivity index (χ0n) is 14.7. The summed E-state index contributed by atoms with van der Waals surface area (Å²) in [5.41, 5.74) is 2.84. The molecule has 0 saturated heterocycles. The number of hydrogen-bond acceptors (Lipinski definition) is 4. The molecule has 0 fully saturated rings. The first-order valence-electron chi connectivity index (χ1n) is 8.75. The molecular formula is C19H19ClFN5. The standard InChI is InChI=1S/C19H19ClFN5/c1-3-12-5-10-16-18(23-17(12)20)26(14-8-6-13(21)7-9-14)15(4-2)19-24-22-11-25(16)19/h6-11,15H,3-5H2,1-2H3. The smallest absolute Gasteiger partial charge is 0.160 e.